The maximum absolute atomic E-state index is 15.0. The van der Waals surface area contributed by atoms with Crippen molar-refractivity contribution in [1.82, 2.24) is 0 Å². The van der Waals surface area contributed by atoms with Crippen molar-refractivity contribution >= 4 is 5.97 Å². The predicted molar refractivity (Wildman–Crippen MR) is 131 cm³/mol. The van der Waals surface area contributed by atoms with E-state index in [1.165, 1.54) is 36.4 Å². The maximum Gasteiger partial charge on any atom is 0.346 e. The van der Waals surface area contributed by atoms with E-state index in [-0.39, 0.29) is 28.9 Å². The molecule has 0 N–H and O–H groups in total. The molecule has 3 aromatic carbocycles. The fourth-order valence-corrected chi connectivity index (χ4v) is 4.66. The number of ether oxygens (including phenoxy) is 3. The van der Waals surface area contributed by atoms with Crippen LogP contribution in [0.2, 0.25) is 0 Å². The lowest BCUT2D eigenvalue weighted by Crippen LogP contribution is -2.21. The Bertz CT molecular complexity index is 1200. The zero-order valence-corrected chi connectivity index (χ0v) is 20.4. The van der Waals surface area contributed by atoms with E-state index in [1.54, 1.807) is 19.1 Å². The summed E-state index contributed by atoms with van der Waals surface area (Å²) < 4.78 is 60.4. The summed E-state index contributed by atoms with van der Waals surface area (Å²) in [4.78, 5) is 12.4. The third-order valence-electron chi connectivity index (χ3n) is 6.48. The van der Waals surface area contributed by atoms with Gasteiger partial charge in [0.25, 0.3) is 0 Å². The molecular weight excluding hydrogens is 469 g/mol. The van der Waals surface area contributed by atoms with Crippen LogP contribution < -0.4 is 9.47 Å². The van der Waals surface area contributed by atoms with E-state index < -0.39 is 23.4 Å². The summed E-state index contributed by atoms with van der Waals surface area (Å²) in [6, 6.07) is 13.1. The van der Waals surface area contributed by atoms with Gasteiger partial charge in [-0.3, -0.25) is 0 Å². The molecule has 36 heavy (non-hydrogen) atoms. The predicted octanol–water partition coefficient (Wildman–Crippen LogP) is 7.45. The van der Waals surface area contributed by atoms with Gasteiger partial charge in [0.1, 0.15) is 17.3 Å². The van der Waals surface area contributed by atoms with Crippen LogP contribution in [-0.4, -0.2) is 25.3 Å². The monoisotopic (exact) mass is 498 g/mol. The summed E-state index contributed by atoms with van der Waals surface area (Å²) in [5.41, 5.74) is 0.718. The Hall–Kier alpha value is -3.32. The Kier molecular flexibility index (Phi) is 8.31. The highest BCUT2D eigenvalue weighted by Gasteiger charge is 2.27. The van der Waals surface area contributed by atoms with Gasteiger partial charge in [-0.1, -0.05) is 24.3 Å². The lowest BCUT2D eigenvalue weighted by Gasteiger charge is -2.29. The Morgan fingerprint density at radius 1 is 0.833 bits per heavy atom. The molecule has 4 rings (SSSR count). The SMILES string of the molecule is CCOc1ccc(C(=O)Oc2ccc(-c3ccc(C4CCC(OCC)CC4)c(F)c3F)cc2)c(F)c1. The quantitative estimate of drug-likeness (QED) is 0.239. The van der Waals surface area contributed by atoms with Crippen LogP contribution in [0.5, 0.6) is 11.5 Å². The first-order chi connectivity index (χ1) is 17.4. The lowest BCUT2D eigenvalue weighted by molar-refractivity contribution is 0.0325. The number of carbonyl (C=O) groups excluding carboxylic acids is 1. The van der Waals surface area contributed by atoms with Crippen molar-refractivity contribution in [2.45, 2.75) is 51.6 Å². The second-order valence-electron chi connectivity index (χ2n) is 8.75. The van der Waals surface area contributed by atoms with Crippen LogP contribution >= 0.6 is 0 Å². The van der Waals surface area contributed by atoms with Gasteiger partial charge >= 0.3 is 5.97 Å². The van der Waals surface area contributed by atoms with Gasteiger partial charge < -0.3 is 14.2 Å². The van der Waals surface area contributed by atoms with E-state index >= 15 is 8.78 Å². The number of halogens is 3. The molecule has 1 saturated carbocycles. The zero-order valence-electron chi connectivity index (χ0n) is 20.4. The Morgan fingerprint density at radius 2 is 1.53 bits per heavy atom. The van der Waals surface area contributed by atoms with E-state index in [0.717, 1.165) is 31.7 Å². The summed E-state index contributed by atoms with van der Waals surface area (Å²) in [6.07, 6.45) is 3.38. The molecule has 1 aliphatic carbocycles. The van der Waals surface area contributed by atoms with Crippen LogP contribution in [0.1, 0.15) is 61.4 Å². The smallest absolute Gasteiger partial charge is 0.346 e. The first-order valence-corrected chi connectivity index (χ1v) is 12.3. The van der Waals surface area contributed by atoms with E-state index in [9.17, 15) is 9.18 Å². The van der Waals surface area contributed by atoms with Crippen LogP contribution in [0.3, 0.4) is 0 Å². The van der Waals surface area contributed by atoms with Crippen LogP contribution in [0, 0.1) is 17.5 Å². The highest BCUT2D eigenvalue weighted by atomic mass is 19.2. The molecule has 0 unspecified atom stereocenters. The summed E-state index contributed by atoms with van der Waals surface area (Å²) in [5, 5.41) is 0. The number of benzene rings is 3. The van der Waals surface area contributed by atoms with Crippen LogP contribution in [0.4, 0.5) is 13.2 Å². The highest BCUT2D eigenvalue weighted by Crippen LogP contribution is 2.38. The van der Waals surface area contributed by atoms with Crippen LogP contribution in [0.15, 0.2) is 54.6 Å². The minimum absolute atomic E-state index is 0.0324. The fourth-order valence-electron chi connectivity index (χ4n) is 4.66. The van der Waals surface area contributed by atoms with Gasteiger partial charge in [-0.2, -0.15) is 0 Å². The van der Waals surface area contributed by atoms with Crippen molar-refractivity contribution in [2.75, 3.05) is 13.2 Å². The first kappa shape index (κ1) is 25.8. The van der Waals surface area contributed by atoms with E-state index in [0.29, 0.717) is 30.1 Å². The number of carbonyl (C=O) groups is 1. The van der Waals surface area contributed by atoms with Crippen LogP contribution in [0.25, 0.3) is 11.1 Å². The molecule has 0 aliphatic heterocycles. The van der Waals surface area contributed by atoms with Gasteiger partial charge in [-0.15, -0.1) is 0 Å². The third kappa shape index (κ3) is 5.73. The van der Waals surface area contributed by atoms with Gasteiger partial charge in [0.05, 0.1) is 18.3 Å². The summed E-state index contributed by atoms with van der Waals surface area (Å²) in [5.74, 6) is -2.92. The number of hydrogen-bond donors (Lipinski definition) is 0. The van der Waals surface area contributed by atoms with E-state index in [1.807, 2.05) is 6.92 Å². The third-order valence-corrected chi connectivity index (χ3v) is 6.48. The minimum atomic E-state index is -0.902. The van der Waals surface area contributed by atoms with E-state index in [4.69, 9.17) is 14.2 Å². The van der Waals surface area contributed by atoms with Gasteiger partial charge in [-0.25, -0.2) is 18.0 Å². The molecular formula is C29H29F3O4. The number of hydrogen-bond acceptors (Lipinski definition) is 4. The average Bonchev–Trinajstić information content (AvgIpc) is 2.87. The summed E-state index contributed by atoms with van der Waals surface area (Å²) in [7, 11) is 0. The van der Waals surface area contributed by atoms with E-state index in [2.05, 4.69) is 0 Å². The lowest BCUT2D eigenvalue weighted by atomic mass is 9.82. The van der Waals surface area contributed by atoms with Gasteiger partial charge in [-0.05, 0) is 80.8 Å². The van der Waals surface area contributed by atoms with Crippen molar-refractivity contribution in [3.63, 3.8) is 0 Å². The molecule has 0 saturated heterocycles. The molecule has 3 aromatic rings. The van der Waals surface area contributed by atoms with Crippen molar-refractivity contribution in [1.29, 1.82) is 0 Å². The average molecular weight is 499 g/mol. The minimum Gasteiger partial charge on any atom is -0.494 e. The standard InChI is InChI=1S/C29H29F3O4/c1-3-34-20-9-5-18(6-10-20)23-15-16-24(28(32)27(23)31)19-7-11-21(12-8-19)36-29(33)25-14-13-22(35-4-2)17-26(25)30/h7-8,11-18,20H,3-6,9-10H2,1-2H3. The molecule has 1 fully saturated rings. The molecule has 190 valence electrons. The molecule has 0 amide bonds. The molecule has 0 heterocycles. The largest absolute Gasteiger partial charge is 0.494 e. The van der Waals surface area contributed by atoms with Gasteiger partial charge in [0, 0.05) is 18.2 Å². The second-order valence-corrected chi connectivity index (χ2v) is 8.75. The Morgan fingerprint density at radius 3 is 2.17 bits per heavy atom. The number of esters is 1. The Labute approximate surface area is 209 Å². The van der Waals surface area contributed by atoms with Gasteiger partial charge in [0.15, 0.2) is 11.6 Å². The van der Waals surface area contributed by atoms with Crippen molar-refractivity contribution < 1.29 is 32.2 Å². The topological polar surface area (TPSA) is 44.8 Å². The highest BCUT2D eigenvalue weighted by molar-refractivity contribution is 5.91. The normalized spacial score (nSPS) is 17.6. The van der Waals surface area contributed by atoms with Crippen molar-refractivity contribution in [3.8, 4) is 22.6 Å². The molecule has 0 radical (unpaired) electrons. The fraction of sp³-hybridized carbons (Fsp3) is 0.345. The number of rotatable bonds is 8. The van der Waals surface area contributed by atoms with Crippen molar-refractivity contribution in [2.24, 2.45) is 0 Å². The molecule has 0 spiro atoms. The first-order valence-electron chi connectivity index (χ1n) is 12.3. The maximum atomic E-state index is 15.0. The molecule has 0 atom stereocenters. The summed E-state index contributed by atoms with van der Waals surface area (Å²) >= 11 is 0. The molecule has 7 heteroatoms. The molecule has 0 bridgehead atoms. The summed E-state index contributed by atoms with van der Waals surface area (Å²) in [6.45, 7) is 4.76. The van der Waals surface area contributed by atoms with Crippen LogP contribution in [-0.2, 0) is 4.74 Å². The van der Waals surface area contributed by atoms with Crippen molar-refractivity contribution in [3.05, 3.63) is 83.2 Å². The molecule has 0 aromatic heterocycles. The molecule has 1 aliphatic rings. The second kappa shape index (κ2) is 11.6. The van der Waals surface area contributed by atoms with Gasteiger partial charge in [0.2, 0.25) is 0 Å². The molecule has 4 nitrogen and oxygen atoms in total. The Balaban J connectivity index is 1.45. The zero-order chi connectivity index (χ0) is 25.7.